The van der Waals surface area contributed by atoms with Gasteiger partial charge in [0.25, 0.3) is 0 Å². The van der Waals surface area contributed by atoms with Crippen LogP contribution in [-0.2, 0) is 0 Å². The Morgan fingerprint density at radius 1 is 0.143 bits per heavy atom. The van der Waals surface area contributed by atoms with Crippen molar-refractivity contribution in [2.45, 2.75) is 0 Å². The highest BCUT2D eigenvalue weighted by atomic mass is 14.4. The summed E-state index contributed by atoms with van der Waals surface area (Å²) in [7, 11) is 0. The first-order chi connectivity index (χ1) is 34.8. The summed E-state index contributed by atoms with van der Waals surface area (Å²) in [4.78, 5) is 0. The minimum absolute atomic E-state index is 1.21. The second-order valence-electron chi connectivity index (χ2n) is 18.9. The van der Waals surface area contributed by atoms with Gasteiger partial charge in [0.1, 0.15) is 0 Å². The number of fused-ring (bicyclic) bond motifs is 8. The zero-order chi connectivity index (χ0) is 45.9. The van der Waals surface area contributed by atoms with E-state index >= 15 is 0 Å². The van der Waals surface area contributed by atoms with Crippen molar-refractivity contribution in [1.82, 2.24) is 0 Å². The highest BCUT2D eigenvalue weighted by Crippen LogP contribution is 2.61. The minimum Gasteiger partial charge on any atom is -0.0622 e. The first-order valence-electron chi connectivity index (χ1n) is 24.4. The standard InChI is InChI=1S/C70H42/c1-6-20-43(21-7-1)49-38-40-58-65-51(49)32-18-35-57(65)68-64(47-28-14-5-15-29-47)60-42-48(36-37-55(60)63(70(58)68)46-26-12-4-13-27-46)50-39-41-59-66-52(50)33-19-34-56(66)67-61(44-22-8-2-9-23-44)53-30-16-17-31-54(53)62(69(59)67)45-24-10-3-11-25-45/h1-42H. The molecule has 2 aliphatic carbocycles. The van der Waals surface area contributed by atoms with Gasteiger partial charge in [0.05, 0.1) is 0 Å². The van der Waals surface area contributed by atoms with E-state index in [9.17, 15) is 0 Å². The van der Waals surface area contributed by atoms with Crippen LogP contribution in [0, 0.1) is 0 Å². The molecule has 13 aromatic rings. The number of hydrogen-bond acceptors (Lipinski definition) is 0. The molecule has 0 radical (unpaired) electrons. The van der Waals surface area contributed by atoms with Crippen LogP contribution in [0.2, 0.25) is 0 Å². The first kappa shape index (κ1) is 38.9. The van der Waals surface area contributed by atoms with E-state index in [2.05, 4.69) is 255 Å². The third kappa shape index (κ3) is 5.53. The average molecular weight is 883 g/mol. The molecule has 0 aromatic heterocycles. The summed E-state index contributed by atoms with van der Waals surface area (Å²) < 4.78 is 0. The van der Waals surface area contributed by atoms with E-state index in [1.165, 1.54) is 154 Å². The predicted octanol–water partition coefficient (Wildman–Crippen LogP) is 19.6. The van der Waals surface area contributed by atoms with Crippen LogP contribution in [0.3, 0.4) is 0 Å². The topological polar surface area (TPSA) is 0 Å². The molecule has 0 amide bonds. The van der Waals surface area contributed by atoms with Crippen molar-refractivity contribution in [1.29, 1.82) is 0 Å². The van der Waals surface area contributed by atoms with Crippen molar-refractivity contribution >= 4 is 43.1 Å². The fourth-order valence-electron chi connectivity index (χ4n) is 12.6. The van der Waals surface area contributed by atoms with Gasteiger partial charge in [-0.05, 0) is 160 Å². The molecule has 0 heterocycles. The van der Waals surface area contributed by atoms with E-state index in [4.69, 9.17) is 0 Å². The molecule has 0 saturated heterocycles. The zero-order valence-corrected chi connectivity index (χ0v) is 38.2. The lowest BCUT2D eigenvalue weighted by atomic mass is 9.81. The molecule has 322 valence electrons. The van der Waals surface area contributed by atoms with Crippen LogP contribution in [0.4, 0.5) is 0 Å². The van der Waals surface area contributed by atoms with Crippen LogP contribution in [-0.4, -0.2) is 0 Å². The summed E-state index contributed by atoms with van der Waals surface area (Å²) in [6.07, 6.45) is 0. The van der Waals surface area contributed by atoms with E-state index in [-0.39, 0.29) is 0 Å². The van der Waals surface area contributed by atoms with Gasteiger partial charge in [0, 0.05) is 0 Å². The van der Waals surface area contributed by atoms with Gasteiger partial charge in [-0.1, -0.05) is 249 Å². The third-order valence-electron chi connectivity index (χ3n) is 15.3. The zero-order valence-electron chi connectivity index (χ0n) is 38.2. The summed E-state index contributed by atoms with van der Waals surface area (Å²) in [5.74, 6) is 0. The summed E-state index contributed by atoms with van der Waals surface area (Å²) >= 11 is 0. The molecular formula is C70H42. The van der Waals surface area contributed by atoms with Crippen LogP contribution < -0.4 is 0 Å². The molecule has 15 rings (SSSR count). The molecule has 0 unspecified atom stereocenters. The molecule has 0 heteroatoms. The fraction of sp³-hybridized carbons (Fsp3) is 0. The average Bonchev–Trinajstić information content (AvgIpc) is 3.94. The molecule has 0 N–H and O–H groups in total. The Bertz CT molecular complexity index is 4190. The lowest BCUT2D eigenvalue weighted by Gasteiger charge is -2.21. The SMILES string of the molecule is c1ccc(-c2c3c(c(-c4ccccc4)c4ccccc24)-c2ccc(-c4ccc5c(-c6ccccc6)c6c(c(-c7ccccc7)c5c4)-c4cccc5c(-c7ccccc7)ccc-6c45)c4cccc-3c24)cc1. The molecule has 0 bridgehead atoms. The lowest BCUT2D eigenvalue weighted by molar-refractivity contribution is 1.61. The monoisotopic (exact) mass is 882 g/mol. The Balaban J connectivity index is 1.03. The van der Waals surface area contributed by atoms with Crippen molar-refractivity contribution in [3.63, 3.8) is 0 Å². The molecule has 0 aliphatic heterocycles. The smallest absolute Gasteiger partial charge is 0.000741 e. The largest absolute Gasteiger partial charge is 0.0622 e. The van der Waals surface area contributed by atoms with Gasteiger partial charge < -0.3 is 0 Å². The molecule has 13 aromatic carbocycles. The van der Waals surface area contributed by atoms with Crippen molar-refractivity contribution in [3.8, 4) is 111 Å². The van der Waals surface area contributed by atoms with Gasteiger partial charge in [-0.2, -0.15) is 0 Å². The maximum Gasteiger partial charge on any atom is -0.000741 e. The lowest BCUT2D eigenvalue weighted by Crippen LogP contribution is -1.94. The van der Waals surface area contributed by atoms with Gasteiger partial charge in [0.2, 0.25) is 0 Å². The highest BCUT2D eigenvalue weighted by molar-refractivity contribution is 6.31. The Morgan fingerprint density at radius 2 is 0.443 bits per heavy atom. The van der Waals surface area contributed by atoms with Crippen molar-refractivity contribution in [2.24, 2.45) is 0 Å². The molecule has 0 atom stereocenters. The molecule has 0 nitrogen and oxygen atoms in total. The molecule has 70 heavy (non-hydrogen) atoms. The number of benzene rings is 13. The highest BCUT2D eigenvalue weighted by Gasteiger charge is 2.33. The van der Waals surface area contributed by atoms with Crippen LogP contribution in [0.5, 0.6) is 0 Å². The van der Waals surface area contributed by atoms with Gasteiger partial charge in [-0.15, -0.1) is 0 Å². The molecule has 0 saturated carbocycles. The van der Waals surface area contributed by atoms with Crippen molar-refractivity contribution < 1.29 is 0 Å². The minimum atomic E-state index is 1.21. The van der Waals surface area contributed by atoms with Crippen LogP contribution in [0.25, 0.3) is 154 Å². The maximum atomic E-state index is 2.51. The second kappa shape index (κ2) is 15.2. The maximum absolute atomic E-state index is 2.51. The summed E-state index contributed by atoms with van der Waals surface area (Å²) in [6, 6.07) is 95.0. The van der Waals surface area contributed by atoms with E-state index in [0.717, 1.165) is 0 Å². The van der Waals surface area contributed by atoms with Crippen LogP contribution >= 0.6 is 0 Å². The molecule has 2 aliphatic rings. The molecular weight excluding hydrogens is 841 g/mol. The Morgan fingerprint density at radius 3 is 0.857 bits per heavy atom. The quantitative estimate of drug-likeness (QED) is 0.156. The van der Waals surface area contributed by atoms with Crippen molar-refractivity contribution in [2.75, 3.05) is 0 Å². The van der Waals surface area contributed by atoms with Crippen LogP contribution in [0.15, 0.2) is 255 Å². The third-order valence-corrected chi connectivity index (χ3v) is 15.3. The van der Waals surface area contributed by atoms with Crippen molar-refractivity contribution in [3.05, 3.63) is 255 Å². The Kier molecular flexibility index (Phi) is 8.46. The van der Waals surface area contributed by atoms with E-state index in [1.807, 2.05) is 0 Å². The first-order valence-corrected chi connectivity index (χ1v) is 24.4. The van der Waals surface area contributed by atoms with Crippen LogP contribution in [0.1, 0.15) is 0 Å². The normalized spacial score (nSPS) is 12.0. The number of rotatable bonds is 6. The summed E-state index contributed by atoms with van der Waals surface area (Å²) in [5.41, 5.74) is 25.5. The summed E-state index contributed by atoms with van der Waals surface area (Å²) in [5, 5.41) is 10.3. The number of hydrogen-bond donors (Lipinski definition) is 0. The Labute approximate surface area is 407 Å². The molecule has 0 fully saturated rings. The second-order valence-corrected chi connectivity index (χ2v) is 18.9. The Hall–Kier alpha value is -9.10. The fourth-order valence-corrected chi connectivity index (χ4v) is 12.6. The van der Waals surface area contributed by atoms with E-state index in [0.29, 0.717) is 0 Å². The molecule has 0 spiro atoms. The predicted molar refractivity (Wildman–Crippen MR) is 298 cm³/mol. The van der Waals surface area contributed by atoms with Gasteiger partial charge >= 0.3 is 0 Å². The van der Waals surface area contributed by atoms with E-state index < -0.39 is 0 Å². The van der Waals surface area contributed by atoms with E-state index in [1.54, 1.807) is 0 Å². The van der Waals surface area contributed by atoms with Gasteiger partial charge in [0.15, 0.2) is 0 Å². The van der Waals surface area contributed by atoms with Gasteiger partial charge in [-0.25, -0.2) is 0 Å². The summed E-state index contributed by atoms with van der Waals surface area (Å²) in [6.45, 7) is 0. The van der Waals surface area contributed by atoms with Gasteiger partial charge in [-0.3, -0.25) is 0 Å².